The first-order chi connectivity index (χ1) is 29.8. The van der Waals surface area contributed by atoms with Gasteiger partial charge < -0.3 is 23.1 Å². The Hall–Kier alpha value is -7.96. The molecule has 9 aromatic carbocycles. The molecule has 12 aromatic rings. The van der Waals surface area contributed by atoms with Gasteiger partial charge in [0.15, 0.2) is 11.2 Å². The highest BCUT2D eigenvalue weighted by molar-refractivity contribution is 6.90. The molecule has 2 aliphatic rings. The Bertz CT molecular complexity index is 3710. The SMILES string of the molecule is c1ccc(N(c2ccccc2)c2ccc3c(c2)N(c2cccc4c2oc2ccccc24)c2c4c(cc5c2oc2ccccc25)-c2cccc5c6ccccc6n(c25)B34)cc1. The van der Waals surface area contributed by atoms with Crippen LogP contribution in [0.1, 0.15) is 0 Å². The predicted molar refractivity (Wildman–Crippen MR) is 249 cm³/mol. The molecule has 14 rings (SSSR count). The molecule has 0 saturated carbocycles. The first-order valence-corrected chi connectivity index (χ1v) is 20.5. The van der Waals surface area contributed by atoms with Crippen LogP contribution >= 0.6 is 0 Å². The van der Waals surface area contributed by atoms with Gasteiger partial charge in [0.05, 0.1) is 11.4 Å². The van der Waals surface area contributed by atoms with Crippen molar-refractivity contribution >= 4 is 118 Å². The number of aromatic nitrogens is 1. The van der Waals surface area contributed by atoms with Crippen molar-refractivity contribution in [2.24, 2.45) is 0 Å². The normalized spacial score (nSPS) is 12.9. The molecule has 278 valence electrons. The number of hydrogen-bond acceptors (Lipinski definition) is 4. The van der Waals surface area contributed by atoms with E-state index in [-0.39, 0.29) is 6.85 Å². The lowest BCUT2D eigenvalue weighted by Crippen LogP contribution is -2.56. The molecule has 0 saturated heterocycles. The number of hydrogen-bond donors (Lipinski definition) is 0. The van der Waals surface area contributed by atoms with E-state index in [2.05, 4.69) is 202 Å². The van der Waals surface area contributed by atoms with E-state index < -0.39 is 0 Å². The minimum Gasteiger partial charge on any atom is -0.454 e. The molecule has 0 radical (unpaired) electrons. The van der Waals surface area contributed by atoms with Crippen molar-refractivity contribution < 1.29 is 8.83 Å². The summed E-state index contributed by atoms with van der Waals surface area (Å²) in [5.74, 6) is 0. The van der Waals surface area contributed by atoms with Gasteiger partial charge in [-0.1, -0.05) is 127 Å². The molecule has 60 heavy (non-hydrogen) atoms. The average Bonchev–Trinajstić information content (AvgIpc) is 3.99. The Labute approximate surface area is 344 Å². The van der Waals surface area contributed by atoms with E-state index in [1.54, 1.807) is 0 Å². The van der Waals surface area contributed by atoms with E-state index in [1.807, 2.05) is 6.07 Å². The molecule has 3 aromatic heterocycles. The Morgan fingerprint density at radius 1 is 0.417 bits per heavy atom. The van der Waals surface area contributed by atoms with Gasteiger partial charge in [0.25, 0.3) is 0 Å². The third kappa shape index (κ3) is 4.16. The van der Waals surface area contributed by atoms with Crippen LogP contribution in [0.5, 0.6) is 0 Å². The Morgan fingerprint density at radius 3 is 1.80 bits per heavy atom. The van der Waals surface area contributed by atoms with E-state index in [0.29, 0.717) is 0 Å². The van der Waals surface area contributed by atoms with Crippen LogP contribution < -0.4 is 20.7 Å². The molecule has 0 bridgehead atoms. The number of fused-ring (bicyclic) bond motifs is 14. The fraction of sp³-hybridized carbons (Fsp3) is 0. The zero-order chi connectivity index (χ0) is 39.1. The van der Waals surface area contributed by atoms with Crippen molar-refractivity contribution in [2.75, 3.05) is 9.80 Å². The van der Waals surface area contributed by atoms with Gasteiger partial charge in [-0.3, -0.25) is 0 Å². The molecule has 0 unspecified atom stereocenters. The first-order valence-electron chi connectivity index (χ1n) is 20.5. The Kier molecular flexibility index (Phi) is 6.31. The summed E-state index contributed by atoms with van der Waals surface area (Å²) in [5.41, 5.74) is 17.0. The summed E-state index contributed by atoms with van der Waals surface area (Å²) >= 11 is 0. The molecule has 0 N–H and O–H groups in total. The highest BCUT2D eigenvalue weighted by atomic mass is 16.3. The van der Waals surface area contributed by atoms with Gasteiger partial charge in [-0.25, -0.2) is 0 Å². The Morgan fingerprint density at radius 2 is 1.03 bits per heavy atom. The van der Waals surface area contributed by atoms with Crippen LogP contribution in [-0.4, -0.2) is 11.3 Å². The average molecular weight is 766 g/mol. The molecule has 2 aliphatic heterocycles. The predicted octanol–water partition coefficient (Wildman–Crippen LogP) is 13.5. The van der Waals surface area contributed by atoms with E-state index in [9.17, 15) is 0 Å². The maximum atomic E-state index is 7.12. The summed E-state index contributed by atoms with van der Waals surface area (Å²) in [5, 5.41) is 6.88. The maximum absolute atomic E-state index is 7.12. The van der Waals surface area contributed by atoms with E-state index in [0.717, 1.165) is 78.0 Å². The minimum atomic E-state index is -0.151. The molecule has 0 spiro atoms. The zero-order valence-corrected chi connectivity index (χ0v) is 32.2. The molecule has 0 aliphatic carbocycles. The lowest BCUT2D eigenvalue weighted by Gasteiger charge is -2.41. The summed E-state index contributed by atoms with van der Waals surface area (Å²) in [6, 6.07) is 69.8. The van der Waals surface area contributed by atoms with Gasteiger partial charge in [0.1, 0.15) is 11.2 Å². The Balaban J connectivity index is 1.18. The molecule has 5 heterocycles. The fourth-order valence-corrected chi connectivity index (χ4v) is 10.5. The largest absolute Gasteiger partial charge is 0.454 e. The van der Waals surface area contributed by atoms with Crippen LogP contribution in [0.2, 0.25) is 0 Å². The van der Waals surface area contributed by atoms with Crippen LogP contribution in [0.4, 0.5) is 34.1 Å². The molecule has 0 fully saturated rings. The van der Waals surface area contributed by atoms with Crippen LogP contribution in [-0.2, 0) is 0 Å². The van der Waals surface area contributed by atoms with Crippen LogP contribution in [0.3, 0.4) is 0 Å². The molecule has 6 heteroatoms. The molecule has 5 nitrogen and oxygen atoms in total. The zero-order valence-electron chi connectivity index (χ0n) is 32.2. The number of rotatable bonds is 4. The van der Waals surface area contributed by atoms with Crippen molar-refractivity contribution in [1.82, 2.24) is 4.48 Å². The lowest BCUT2D eigenvalue weighted by atomic mass is 9.45. The third-order valence-corrected chi connectivity index (χ3v) is 12.9. The molecule has 0 amide bonds. The smallest absolute Gasteiger partial charge is 0.333 e. The standard InChI is InChI=1S/C54H32BN3O2/c1-3-15-33(16-4-1)56(34-17-5-2-6-18-34)35-29-30-44-47(31-35)57(46-26-14-24-41-37-20-8-11-27-48(37)59-53(41)46)52-50-42(32-43-38-21-9-12-28-49(38)60-54(43)52)40-23-13-22-39-36-19-7-10-25-45(36)58(51(39)40)55(44)50/h1-32H. The second kappa shape index (κ2) is 11.8. The number of benzene rings is 9. The van der Waals surface area contributed by atoms with Crippen molar-refractivity contribution in [2.45, 2.75) is 0 Å². The van der Waals surface area contributed by atoms with Gasteiger partial charge in [-0.05, 0) is 83.2 Å². The van der Waals surface area contributed by atoms with Crippen molar-refractivity contribution in [3.05, 3.63) is 194 Å². The maximum Gasteiger partial charge on any atom is 0.333 e. The number of anilines is 6. The second-order valence-electron chi connectivity index (χ2n) is 16.0. The number of nitrogens with zero attached hydrogens (tertiary/aromatic N) is 3. The first kappa shape index (κ1) is 32.1. The third-order valence-electron chi connectivity index (χ3n) is 12.9. The summed E-state index contributed by atoms with van der Waals surface area (Å²) in [4.78, 5) is 4.80. The van der Waals surface area contributed by atoms with E-state index in [4.69, 9.17) is 8.83 Å². The van der Waals surface area contributed by atoms with Gasteiger partial charge in [0, 0.05) is 71.7 Å². The highest BCUT2D eigenvalue weighted by Gasteiger charge is 2.45. The van der Waals surface area contributed by atoms with Gasteiger partial charge in [0.2, 0.25) is 0 Å². The fourth-order valence-electron chi connectivity index (χ4n) is 10.5. The van der Waals surface area contributed by atoms with Crippen LogP contribution in [0, 0.1) is 0 Å². The highest BCUT2D eigenvalue weighted by Crippen LogP contribution is 2.52. The summed E-state index contributed by atoms with van der Waals surface area (Å²) in [6.45, 7) is -0.151. The van der Waals surface area contributed by atoms with Crippen LogP contribution in [0.25, 0.3) is 76.8 Å². The number of furan rings is 2. The second-order valence-corrected chi connectivity index (χ2v) is 16.0. The van der Waals surface area contributed by atoms with Crippen molar-refractivity contribution in [1.29, 1.82) is 0 Å². The molecule has 0 atom stereocenters. The van der Waals surface area contributed by atoms with E-state index in [1.165, 1.54) is 43.9 Å². The van der Waals surface area contributed by atoms with Crippen LogP contribution in [0.15, 0.2) is 203 Å². The van der Waals surface area contributed by atoms with Crippen molar-refractivity contribution in [3.63, 3.8) is 0 Å². The van der Waals surface area contributed by atoms with Crippen molar-refractivity contribution in [3.8, 4) is 11.1 Å². The quantitative estimate of drug-likeness (QED) is 0.167. The molecular formula is C54H32BN3O2. The summed E-state index contributed by atoms with van der Waals surface area (Å²) < 4.78 is 16.6. The van der Waals surface area contributed by atoms with Gasteiger partial charge >= 0.3 is 6.85 Å². The summed E-state index contributed by atoms with van der Waals surface area (Å²) in [6.07, 6.45) is 0. The summed E-state index contributed by atoms with van der Waals surface area (Å²) in [7, 11) is 0. The van der Waals surface area contributed by atoms with E-state index >= 15 is 0 Å². The lowest BCUT2D eigenvalue weighted by molar-refractivity contribution is 0.666. The number of para-hydroxylation sites is 7. The monoisotopic (exact) mass is 765 g/mol. The minimum absolute atomic E-state index is 0.151. The topological polar surface area (TPSA) is 37.7 Å². The molecular weight excluding hydrogens is 733 g/mol. The van der Waals surface area contributed by atoms with Gasteiger partial charge in [-0.15, -0.1) is 0 Å². The van der Waals surface area contributed by atoms with Gasteiger partial charge in [-0.2, -0.15) is 0 Å².